The van der Waals surface area contributed by atoms with E-state index in [0.29, 0.717) is 31.1 Å². The zero-order chi connectivity index (χ0) is 18.6. The third kappa shape index (κ3) is 5.52. The van der Waals surface area contributed by atoms with Crippen molar-refractivity contribution in [1.29, 1.82) is 0 Å². The van der Waals surface area contributed by atoms with Crippen molar-refractivity contribution >= 4 is 11.6 Å². The molecule has 0 saturated carbocycles. The maximum atomic E-state index is 12.4. The van der Waals surface area contributed by atoms with Crippen LogP contribution in [0.1, 0.15) is 25.7 Å². The van der Waals surface area contributed by atoms with Gasteiger partial charge in [-0.15, -0.1) is 13.2 Å². The highest BCUT2D eigenvalue weighted by Gasteiger charge is 2.31. The largest absolute Gasteiger partial charge is 0.573 e. The molecule has 8 heteroatoms. The number of carbonyl (C=O) groups is 1. The summed E-state index contributed by atoms with van der Waals surface area (Å²) in [6.07, 6.45) is -1.37. The van der Waals surface area contributed by atoms with Crippen LogP contribution in [0.25, 0.3) is 0 Å². The van der Waals surface area contributed by atoms with Gasteiger partial charge in [-0.2, -0.15) is 0 Å². The molecule has 2 saturated heterocycles. The van der Waals surface area contributed by atoms with Crippen molar-refractivity contribution in [2.75, 3.05) is 31.1 Å². The molecule has 2 unspecified atom stereocenters. The summed E-state index contributed by atoms with van der Waals surface area (Å²) in [4.78, 5) is 14.1. The lowest BCUT2D eigenvalue weighted by Crippen LogP contribution is -2.37. The van der Waals surface area contributed by atoms with Crippen molar-refractivity contribution in [1.82, 2.24) is 10.6 Å². The Hall–Kier alpha value is -1.96. The summed E-state index contributed by atoms with van der Waals surface area (Å²) in [5, 5.41) is 6.34. The average Bonchev–Trinajstić information content (AvgIpc) is 3.23. The number of halogens is 3. The Morgan fingerprint density at radius 2 is 2.19 bits per heavy atom. The highest BCUT2D eigenvalue weighted by Crippen LogP contribution is 2.28. The first-order valence-electron chi connectivity index (χ1n) is 9.00. The second kappa shape index (κ2) is 8.16. The van der Waals surface area contributed by atoms with E-state index < -0.39 is 6.36 Å². The first-order valence-corrected chi connectivity index (χ1v) is 9.00. The summed E-state index contributed by atoms with van der Waals surface area (Å²) in [5.41, 5.74) is 0.667. The van der Waals surface area contributed by atoms with E-state index in [1.54, 1.807) is 6.07 Å². The lowest BCUT2D eigenvalue weighted by atomic mass is 10.0. The van der Waals surface area contributed by atoms with E-state index in [4.69, 9.17) is 0 Å². The lowest BCUT2D eigenvalue weighted by Gasteiger charge is -2.20. The first-order chi connectivity index (χ1) is 12.4. The molecule has 144 valence electrons. The molecule has 0 aromatic heterocycles. The summed E-state index contributed by atoms with van der Waals surface area (Å²) in [6, 6.07) is 5.98. The molecule has 1 aromatic carbocycles. The minimum atomic E-state index is -4.70. The molecule has 1 aromatic rings. The topological polar surface area (TPSA) is 53.6 Å². The van der Waals surface area contributed by atoms with E-state index in [2.05, 4.69) is 15.4 Å². The molecule has 26 heavy (non-hydrogen) atoms. The van der Waals surface area contributed by atoms with Crippen LogP contribution >= 0.6 is 0 Å². The van der Waals surface area contributed by atoms with E-state index >= 15 is 0 Å². The van der Waals surface area contributed by atoms with Gasteiger partial charge in [0.05, 0.1) is 0 Å². The number of anilines is 1. The number of hydrogen-bond donors (Lipinski definition) is 2. The van der Waals surface area contributed by atoms with Gasteiger partial charge in [-0.3, -0.25) is 4.79 Å². The number of ether oxygens (including phenoxy) is 1. The molecular formula is C18H24F3N3O2. The van der Waals surface area contributed by atoms with Crippen molar-refractivity contribution in [3.63, 3.8) is 0 Å². The van der Waals surface area contributed by atoms with Gasteiger partial charge in [0, 0.05) is 37.3 Å². The van der Waals surface area contributed by atoms with Crippen molar-refractivity contribution in [3.05, 3.63) is 24.3 Å². The lowest BCUT2D eigenvalue weighted by molar-refractivity contribution is -0.274. The van der Waals surface area contributed by atoms with Gasteiger partial charge >= 0.3 is 6.36 Å². The fourth-order valence-corrected chi connectivity index (χ4v) is 3.59. The Labute approximate surface area is 150 Å². The molecule has 5 nitrogen and oxygen atoms in total. The quantitative estimate of drug-likeness (QED) is 0.807. The van der Waals surface area contributed by atoms with Crippen molar-refractivity contribution < 1.29 is 22.7 Å². The second-order valence-corrected chi connectivity index (χ2v) is 6.94. The summed E-state index contributed by atoms with van der Waals surface area (Å²) in [6.45, 7) is 3.29. The molecule has 2 atom stereocenters. The number of rotatable bonds is 6. The van der Waals surface area contributed by atoms with Crippen molar-refractivity contribution in [3.8, 4) is 5.75 Å². The highest BCUT2D eigenvalue weighted by atomic mass is 19.4. The van der Waals surface area contributed by atoms with Crippen LogP contribution in [0.4, 0.5) is 18.9 Å². The maximum absolute atomic E-state index is 12.4. The molecule has 2 aliphatic heterocycles. The van der Waals surface area contributed by atoms with Crippen LogP contribution in [0.3, 0.4) is 0 Å². The Kier molecular flexibility index (Phi) is 5.90. The maximum Gasteiger partial charge on any atom is 0.573 e. The minimum absolute atomic E-state index is 0.0244. The SMILES string of the molecule is O=C(CCC1CCNC1)NC1CCN(c2cccc(OC(F)(F)F)c2)C1. The van der Waals surface area contributed by atoms with E-state index in [0.717, 1.165) is 32.4 Å². The van der Waals surface area contributed by atoms with Crippen LogP contribution in [-0.4, -0.2) is 44.5 Å². The molecule has 0 aliphatic carbocycles. The van der Waals surface area contributed by atoms with Crippen LogP contribution in [0, 0.1) is 5.92 Å². The molecule has 2 fully saturated rings. The third-order valence-electron chi connectivity index (χ3n) is 4.91. The van der Waals surface area contributed by atoms with Crippen LogP contribution < -0.4 is 20.3 Å². The van der Waals surface area contributed by atoms with Crippen LogP contribution in [0.2, 0.25) is 0 Å². The van der Waals surface area contributed by atoms with Gasteiger partial charge in [0.25, 0.3) is 0 Å². The summed E-state index contributed by atoms with van der Waals surface area (Å²) < 4.78 is 41.0. The number of alkyl halides is 3. The number of nitrogens with zero attached hydrogens (tertiary/aromatic N) is 1. The van der Waals surface area contributed by atoms with Crippen LogP contribution in [-0.2, 0) is 4.79 Å². The molecule has 0 radical (unpaired) electrons. The molecule has 0 spiro atoms. The number of carbonyl (C=O) groups excluding carboxylic acids is 1. The van der Waals surface area contributed by atoms with Gasteiger partial charge in [-0.25, -0.2) is 0 Å². The number of nitrogens with one attached hydrogen (secondary N) is 2. The zero-order valence-corrected chi connectivity index (χ0v) is 14.5. The highest BCUT2D eigenvalue weighted by molar-refractivity contribution is 5.76. The fourth-order valence-electron chi connectivity index (χ4n) is 3.59. The Morgan fingerprint density at radius 3 is 2.92 bits per heavy atom. The molecule has 3 rings (SSSR count). The van der Waals surface area contributed by atoms with Gasteiger partial charge in [0.1, 0.15) is 5.75 Å². The average molecular weight is 371 g/mol. The summed E-state index contributed by atoms with van der Waals surface area (Å²) >= 11 is 0. The van der Waals surface area contributed by atoms with E-state index in [-0.39, 0.29) is 17.7 Å². The van der Waals surface area contributed by atoms with Crippen LogP contribution in [0.5, 0.6) is 5.75 Å². The predicted molar refractivity (Wildman–Crippen MR) is 92.1 cm³/mol. The smallest absolute Gasteiger partial charge is 0.406 e. The predicted octanol–water partition coefficient (Wildman–Crippen LogP) is 2.67. The summed E-state index contributed by atoms with van der Waals surface area (Å²) in [5.74, 6) is 0.405. The normalized spacial score (nSPS) is 23.3. The van der Waals surface area contributed by atoms with Gasteiger partial charge in [0.2, 0.25) is 5.91 Å². The molecule has 0 bridgehead atoms. The van der Waals surface area contributed by atoms with E-state index in [1.807, 2.05) is 4.90 Å². The molecule has 2 heterocycles. The zero-order valence-electron chi connectivity index (χ0n) is 14.5. The second-order valence-electron chi connectivity index (χ2n) is 6.94. The van der Waals surface area contributed by atoms with E-state index in [1.165, 1.54) is 18.2 Å². The van der Waals surface area contributed by atoms with Gasteiger partial charge in [-0.05, 0) is 50.4 Å². The van der Waals surface area contributed by atoms with Crippen molar-refractivity contribution in [2.45, 2.75) is 38.1 Å². The third-order valence-corrected chi connectivity index (χ3v) is 4.91. The van der Waals surface area contributed by atoms with Crippen LogP contribution in [0.15, 0.2) is 24.3 Å². The number of hydrogen-bond acceptors (Lipinski definition) is 4. The van der Waals surface area contributed by atoms with Crippen molar-refractivity contribution in [2.24, 2.45) is 5.92 Å². The fraction of sp³-hybridized carbons (Fsp3) is 0.611. The van der Waals surface area contributed by atoms with Gasteiger partial charge in [0.15, 0.2) is 0 Å². The Morgan fingerprint density at radius 1 is 1.35 bits per heavy atom. The first kappa shape index (κ1) is 18.8. The molecule has 1 amide bonds. The van der Waals surface area contributed by atoms with Gasteiger partial charge < -0.3 is 20.3 Å². The monoisotopic (exact) mass is 371 g/mol. The minimum Gasteiger partial charge on any atom is -0.406 e. The molecule has 2 aliphatic rings. The van der Waals surface area contributed by atoms with Gasteiger partial charge in [-0.1, -0.05) is 6.07 Å². The number of benzene rings is 1. The Bertz CT molecular complexity index is 618. The molecular weight excluding hydrogens is 347 g/mol. The number of amides is 1. The summed E-state index contributed by atoms with van der Waals surface area (Å²) in [7, 11) is 0. The van der Waals surface area contributed by atoms with E-state index in [9.17, 15) is 18.0 Å². The molecule has 2 N–H and O–H groups in total. The standard InChI is InChI=1S/C18H24F3N3O2/c19-18(20,21)26-16-3-1-2-15(10-16)24-9-7-14(12-24)23-17(25)5-4-13-6-8-22-11-13/h1-3,10,13-14,22H,4-9,11-12H2,(H,23,25). The Balaban J connectivity index is 1.47.